The lowest BCUT2D eigenvalue weighted by Crippen LogP contribution is -2.43. The molecule has 1 N–H and O–H groups in total. The van der Waals surface area contributed by atoms with Crippen LogP contribution in [0.2, 0.25) is 10.0 Å². The van der Waals surface area contributed by atoms with Crippen LogP contribution in [0.15, 0.2) is 53.4 Å². The van der Waals surface area contributed by atoms with Crippen molar-refractivity contribution in [3.05, 3.63) is 58.6 Å². The molecule has 0 atom stereocenters. The number of rotatable bonds is 7. The highest BCUT2D eigenvalue weighted by molar-refractivity contribution is 7.92. The van der Waals surface area contributed by atoms with E-state index in [0.29, 0.717) is 17.3 Å². The summed E-state index contributed by atoms with van der Waals surface area (Å²) in [6.07, 6.45) is 1.77. The van der Waals surface area contributed by atoms with Crippen LogP contribution < -0.4 is 9.84 Å². The summed E-state index contributed by atoms with van der Waals surface area (Å²) in [6.45, 7) is 2.54. The lowest BCUT2D eigenvalue weighted by Gasteiger charge is -2.26. The number of hydrogen-bond donors (Lipinski definition) is 1. The van der Waals surface area contributed by atoms with E-state index in [9.17, 15) is 8.42 Å². The minimum Gasteiger partial charge on any atom is -0.220 e. The second-order valence-corrected chi connectivity index (χ2v) is 7.49. The molecule has 2 rings (SSSR count). The van der Waals surface area contributed by atoms with E-state index >= 15 is 0 Å². The highest BCUT2D eigenvalue weighted by atomic mass is 35.5. The van der Waals surface area contributed by atoms with Crippen molar-refractivity contribution < 1.29 is 8.42 Å². The summed E-state index contributed by atoms with van der Waals surface area (Å²) in [5, 5.41) is 0.493. The molecule has 23 heavy (non-hydrogen) atoms. The summed E-state index contributed by atoms with van der Waals surface area (Å²) in [7, 11) is -3.79. The first kappa shape index (κ1) is 18.1. The first-order chi connectivity index (χ1) is 11.0. The van der Waals surface area contributed by atoms with E-state index in [4.69, 9.17) is 23.2 Å². The fourth-order valence-electron chi connectivity index (χ4n) is 2.00. The van der Waals surface area contributed by atoms with Crippen LogP contribution in [0.4, 0.5) is 5.69 Å². The Balaban J connectivity index is 2.48. The molecule has 0 amide bonds. The largest absolute Gasteiger partial charge is 0.277 e. The lowest BCUT2D eigenvalue weighted by atomic mass is 10.3. The molecule has 0 aliphatic heterocycles. The van der Waals surface area contributed by atoms with Gasteiger partial charge >= 0.3 is 0 Å². The van der Waals surface area contributed by atoms with E-state index in [-0.39, 0.29) is 9.92 Å². The van der Waals surface area contributed by atoms with Gasteiger partial charge in [0.25, 0.3) is 10.0 Å². The molecule has 0 aliphatic carbocycles. The minimum atomic E-state index is -3.79. The number of halogens is 2. The van der Waals surface area contributed by atoms with Crippen molar-refractivity contribution >= 4 is 38.9 Å². The Kier molecular flexibility index (Phi) is 6.30. The maximum atomic E-state index is 13.0. The summed E-state index contributed by atoms with van der Waals surface area (Å²) >= 11 is 12.3. The maximum Gasteiger partial charge on any atom is 0.277 e. The first-order valence-corrected chi connectivity index (χ1v) is 9.46. The van der Waals surface area contributed by atoms with E-state index in [1.54, 1.807) is 48.5 Å². The van der Waals surface area contributed by atoms with Crippen molar-refractivity contribution in [1.29, 1.82) is 0 Å². The van der Waals surface area contributed by atoms with Gasteiger partial charge in [0.15, 0.2) is 0 Å². The topological polar surface area (TPSA) is 49.4 Å². The van der Waals surface area contributed by atoms with Gasteiger partial charge in [-0.2, -0.15) is 12.8 Å². The Hall–Kier alpha value is -1.27. The Morgan fingerprint density at radius 3 is 2.39 bits per heavy atom. The van der Waals surface area contributed by atoms with Crippen LogP contribution in [0.5, 0.6) is 0 Å². The van der Waals surface area contributed by atoms with Crippen LogP contribution in [0, 0.1) is 0 Å². The third-order valence-electron chi connectivity index (χ3n) is 3.22. The van der Waals surface area contributed by atoms with E-state index in [2.05, 4.69) is 5.43 Å². The molecule has 0 unspecified atom stereocenters. The zero-order valence-electron chi connectivity index (χ0n) is 12.7. The molecule has 2 aromatic carbocycles. The summed E-state index contributed by atoms with van der Waals surface area (Å²) in [6, 6.07) is 13.1. The van der Waals surface area contributed by atoms with Crippen molar-refractivity contribution in [2.75, 3.05) is 11.0 Å². The zero-order chi connectivity index (χ0) is 16.9. The number of hydrogen-bond acceptors (Lipinski definition) is 3. The van der Waals surface area contributed by atoms with Gasteiger partial charge in [-0.15, -0.1) is 0 Å². The fourth-order valence-corrected chi connectivity index (χ4v) is 3.82. The van der Waals surface area contributed by atoms with Crippen molar-refractivity contribution in [1.82, 2.24) is 5.43 Å². The Labute approximate surface area is 147 Å². The first-order valence-electron chi connectivity index (χ1n) is 7.26. The summed E-state index contributed by atoms with van der Waals surface area (Å²) in [4.78, 5) is 0.181. The molecule has 124 valence electrons. The number of benzene rings is 2. The molecule has 0 heterocycles. The van der Waals surface area contributed by atoms with Gasteiger partial charge in [-0.05, 0) is 30.7 Å². The van der Waals surface area contributed by atoms with Gasteiger partial charge in [0, 0.05) is 6.54 Å². The SMILES string of the molecule is CCCCNN(c1cccc(Cl)c1Cl)S(=O)(=O)c1ccccc1. The van der Waals surface area contributed by atoms with E-state index in [0.717, 1.165) is 17.3 Å². The normalized spacial score (nSPS) is 11.4. The fraction of sp³-hybridized carbons (Fsp3) is 0.250. The molecule has 0 saturated heterocycles. The molecule has 0 saturated carbocycles. The molecular weight excluding hydrogens is 355 g/mol. The van der Waals surface area contributed by atoms with Crippen molar-refractivity contribution in [3.63, 3.8) is 0 Å². The summed E-state index contributed by atoms with van der Waals surface area (Å²) in [5.41, 5.74) is 3.25. The van der Waals surface area contributed by atoms with Crippen molar-refractivity contribution in [2.24, 2.45) is 0 Å². The molecule has 0 aromatic heterocycles. The molecule has 0 aliphatic rings. The van der Waals surface area contributed by atoms with E-state index < -0.39 is 10.0 Å². The highest BCUT2D eigenvalue weighted by Gasteiger charge is 2.27. The molecule has 0 bridgehead atoms. The number of nitrogens with one attached hydrogen (secondary N) is 1. The Morgan fingerprint density at radius 1 is 1.04 bits per heavy atom. The van der Waals surface area contributed by atoms with Crippen LogP contribution in [0.3, 0.4) is 0 Å². The standard InChI is InChI=1S/C16H18Cl2N2O2S/c1-2-3-12-19-20(15-11-7-10-14(17)16(15)18)23(21,22)13-8-5-4-6-9-13/h4-11,19H,2-3,12H2,1H3. The molecule has 4 nitrogen and oxygen atoms in total. The van der Waals surface area contributed by atoms with Crippen LogP contribution in [0.25, 0.3) is 0 Å². The van der Waals surface area contributed by atoms with Gasteiger partial charge in [-0.25, -0.2) is 5.43 Å². The number of anilines is 1. The highest BCUT2D eigenvalue weighted by Crippen LogP contribution is 2.34. The van der Waals surface area contributed by atoms with Gasteiger partial charge in [0.2, 0.25) is 0 Å². The third kappa shape index (κ3) is 4.18. The third-order valence-corrected chi connectivity index (χ3v) is 5.70. The average Bonchev–Trinajstić information content (AvgIpc) is 2.55. The number of sulfonamides is 1. The Bertz CT molecular complexity index is 752. The maximum absolute atomic E-state index is 13.0. The average molecular weight is 373 g/mol. The van der Waals surface area contributed by atoms with Gasteiger partial charge in [0.05, 0.1) is 20.6 Å². The quantitative estimate of drug-likeness (QED) is 0.575. The molecular formula is C16H18Cl2N2O2S. The number of nitrogens with zero attached hydrogens (tertiary/aromatic N) is 1. The van der Waals surface area contributed by atoms with Crippen LogP contribution in [0.1, 0.15) is 19.8 Å². The van der Waals surface area contributed by atoms with Crippen LogP contribution in [-0.2, 0) is 10.0 Å². The molecule has 0 fully saturated rings. The summed E-state index contributed by atoms with van der Waals surface area (Å²) < 4.78 is 27.0. The van der Waals surface area contributed by atoms with Gasteiger partial charge in [0.1, 0.15) is 0 Å². The summed E-state index contributed by atoms with van der Waals surface area (Å²) in [5.74, 6) is 0. The van der Waals surface area contributed by atoms with Gasteiger partial charge in [-0.1, -0.05) is 60.8 Å². The van der Waals surface area contributed by atoms with Crippen LogP contribution in [-0.4, -0.2) is 15.0 Å². The van der Waals surface area contributed by atoms with E-state index in [1.807, 2.05) is 6.92 Å². The monoisotopic (exact) mass is 372 g/mol. The van der Waals surface area contributed by atoms with Gasteiger partial charge in [-0.3, -0.25) is 0 Å². The van der Waals surface area contributed by atoms with Crippen molar-refractivity contribution in [3.8, 4) is 0 Å². The van der Waals surface area contributed by atoms with Crippen molar-refractivity contribution in [2.45, 2.75) is 24.7 Å². The minimum absolute atomic E-state index is 0.181. The Morgan fingerprint density at radius 2 is 1.74 bits per heavy atom. The second kappa shape index (κ2) is 8.02. The molecule has 2 aromatic rings. The molecule has 0 radical (unpaired) electrons. The lowest BCUT2D eigenvalue weighted by molar-refractivity contribution is 0.572. The van der Waals surface area contributed by atoms with Crippen LogP contribution >= 0.6 is 23.2 Å². The second-order valence-electron chi connectivity index (χ2n) is 4.92. The predicted molar refractivity (Wildman–Crippen MR) is 95.5 cm³/mol. The smallest absolute Gasteiger partial charge is 0.220 e. The zero-order valence-corrected chi connectivity index (χ0v) is 15.0. The van der Waals surface area contributed by atoms with E-state index in [1.165, 1.54) is 0 Å². The number of unbranched alkanes of at least 4 members (excludes halogenated alkanes) is 1. The molecule has 7 heteroatoms. The molecule has 0 spiro atoms. The number of hydrazine groups is 1. The van der Waals surface area contributed by atoms with Gasteiger partial charge < -0.3 is 0 Å². The predicted octanol–water partition coefficient (Wildman–Crippen LogP) is 4.49.